The fourth-order valence-corrected chi connectivity index (χ4v) is 4.07. The number of amides is 1. The lowest BCUT2D eigenvalue weighted by Crippen LogP contribution is -2.31. The summed E-state index contributed by atoms with van der Waals surface area (Å²) in [5, 5.41) is -0.319. The molecule has 21 heavy (non-hydrogen) atoms. The third kappa shape index (κ3) is 4.47. The SMILES string of the molecule is O=C1C(CCCCS(=O)(=O)O)SC(=S)N1c1ccccn1. The Balaban J connectivity index is 1.93. The lowest BCUT2D eigenvalue weighted by atomic mass is 10.2. The predicted octanol–water partition coefficient (Wildman–Crippen LogP) is 1.87. The zero-order valence-electron chi connectivity index (χ0n) is 11.0. The van der Waals surface area contributed by atoms with Crippen molar-refractivity contribution in [3.63, 3.8) is 0 Å². The zero-order chi connectivity index (χ0) is 15.5. The van der Waals surface area contributed by atoms with E-state index in [4.69, 9.17) is 16.8 Å². The van der Waals surface area contributed by atoms with E-state index in [1.165, 1.54) is 16.7 Å². The molecule has 0 spiro atoms. The summed E-state index contributed by atoms with van der Waals surface area (Å²) in [6.45, 7) is 0. The molecule has 1 aromatic heterocycles. The molecule has 0 aliphatic carbocycles. The maximum absolute atomic E-state index is 12.3. The summed E-state index contributed by atoms with van der Waals surface area (Å²) in [4.78, 5) is 17.8. The van der Waals surface area contributed by atoms with Crippen LogP contribution in [-0.2, 0) is 14.9 Å². The molecule has 9 heteroatoms. The number of pyridine rings is 1. The average Bonchev–Trinajstić information content (AvgIpc) is 2.69. The predicted molar refractivity (Wildman–Crippen MR) is 86.0 cm³/mol. The zero-order valence-corrected chi connectivity index (χ0v) is 13.5. The van der Waals surface area contributed by atoms with Crippen LogP contribution in [0.3, 0.4) is 0 Å². The Morgan fingerprint density at radius 1 is 1.38 bits per heavy atom. The number of nitrogens with zero attached hydrogens (tertiary/aromatic N) is 2. The van der Waals surface area contributed by atoms with Crippen LogP contribution in [0, 0.1) is 0 Å². The number of unbranched alkanes of at least 4 members (excludes halogenated alkanes) is 1. The first kappa shape index (κ1) is 16.3. The van der Waals surface area contributed by atoms with Gasteiger partial charge in [0.2, 0.25) is 5.91 Å². The molecular weight excluding hydrogens is 332 g/mol. The molecule has 114 valence electrons. The van der Waals surface area contributed by atoms with Gasteiger partial charge in [-0.3, -0.25) is 9.35 Å². The topological polar surface area (TPSA) is 87.6 Å². The van der Waals surface area contributed by atoms with Gasteiger partial charge in [0.25, 0.3) is 10.1 Å². The van der Waals surface area contributed by atoms with Gasteiger partial charge < -0.3 is 0 Å². The number of carbonyl (C=O) groups excluding carboxylic acids is 1. The molecule has 0 aromatic carbocycles. The molecule has 1 aliphatic rings. The summed E-state index contributed by atoms with van der Waals surface area (Å²) in [5.74, 6) is 0.0865. The Morgan fingerprint density at radius 3 is 2.76 bits per heavy atom. The minimum absolute atomic E-state index is 0.129. The van der Waals surface area contributed by atoms with Gasteiger partial charge >= 0.3 is 0 Å². The van der Waals surface area contributed by atoms with Crippen LogP contribution < -0.4 is 4.90 Å². The first-order valence-corrected chi connectivity index (χ1v) is 9.19. The monoisotopic (exact) mass is 346 g/mol. The van der Waals surface area contributed by atoms with Gasteiger partial charge in [0, 0.05) is 6.20 Å². The van der Waals surface area contributed by atoms with E-state index in [1.807, 2.05) is 0 Å². The quantitative estimate of drug-likeness (QED) is 0.478. The number of thioether (sulfide) groups is 1. The molecule has 2 rings (SSSR count). The molecule has 1 atom stereocenters. The van der Waals surface area contributed by atoms with Crippen LogP contribution in [0.2, 0.25) is 0 Å². The van der Waals surface area contributed by atoms with Gasteiger partial charge in [-0.2, -0.15) is 8.42 Å². The van der Waals surface area contributed by atoms with E-state index in [0.29, 0.717) is 29.4 Å². The molecule has 6 nitrogen and oxygen atoms in total. The Hall–Kier alpha value is -1.03. The number of anilines is 1. The summed E-state index contributed by atoms with van der Waals surface area (Å²) < 4.78 is 30.4. The van der Waals surface area contributed by atoms with Gasteiger partial charge in [0.1, 0.15) is 10.1 Å². The van der Waals surface area contributed by atoms with E-state index < -0.39 is 10.1 Å². The molecule has 0 saturated carbocycles. The van der Waals surface area contributed by atoms with Gasteiger partial charge in [-0.05, 0) is 25.0 Å². The molecule has 1 amide bonds. The van der Waals surface area contributed by atoms with Crippen molar-refractivity contribution in [2.24, 2.45) is 0 Å². The minimum atomic E-state index is -3.94. The molecule has 1 unspecified atom stereocenters. The van der Waals surface area contributed by atoms with Crippen LogP contribution >= 0.6 is 24.0 Å². The number of hydrogen-bond acceptors (Lipinski definition) is 6. The first-order valence-electron chi connectivity index (χ1n) is 6.29. The molecule has 0 bridgehead atoms. The second-order valence-electron chi connectivity index (χ2n) is 4.52. The minimum Gasteiger partial charge on any atom is -0.286 e. The molecule has 1 fully saturated rings. The van der Waals surface area contributed by atoms with E-state index in [9.17, 15) is 13.2 Å². The maximum atomic E-state index is 12.3. The maximum Gasteiger partial charge on any atom is 0.264 e. The summed E-state index contributed by atoms with van der Waals surface area (Å²) >= 11 is 6.50. The van der Waals surface area contributed by atoms with Crippen LogP contribution in [-0.4, -0.2) is 39.2 Å². The third-order valence-corrected chi connectivity index (χ3v) is 5.30. The first-order chi connectivity index (χ1) is 9.88. The number of thiocarbonyl (C=S) groups is 1. The highest BCUT2D eigenvalue weighted by Crippen LogP contribution is 2.33. The number of rotatable bonds is 6. The van der Waals surface area contributed by atoms with Gasteiger partial charge in [0.05, 0.1) is 11.0 Å². The highest BCUT2D eigenvalue weighted by Gasteiger charge is 2.37. The van der Waals surface area contributed by atoms with Crippen molar-refractivity contribution in [1.29, 1.82) is 0 Å². The highest BCUT2D eigenvalue weighted by atomic mass is 32.2. The fourth-order valence-electron chi connectivity index (χ4n) is 1.95. The van der Waals surface area contributed by atoms with Crippen molar-refractivity contribution >= 4 is 50.1 Å². The molecule has 1 aromatic rings. The molecular formula is C12H14N2O4S3. The second-order valence-corrected chi connectivity index (χ2v) is 7.92. The Bertz CT molecular complexity index is 633. The Kier molecular flexibility index (Phi) is 5.31. The lowest BCUT2D eigenvalue weighted by Gasteiger charge is -2.13. The average molecular weight is 346 g/mol. The third-order valence-electron chi connectivity index (χ3n) is 2.92. The Morgan fingerprint density at radius 2 is 2.14 bits per heavy atom. The van der Waals surface area contributed by atoms with Crippen molar-refractivity contribution in [2.45, 2.75) is 24.5 Å². The summed E-state index contributed by atoms with van der Waals surface area (Å²) in [7, 11) is -3.94. The largest absolute Gasteiger partial charge is 0.286 e. The summed E-state index contributed by atoms with van der Waals surface area (Å²) in [6.07, 6.45) is 2.96. The van der Waals surface area contributed by atoms with Crippen molar-refractivity contribution in [3.8, 4) is 0 Å². The molecule has 0 radical (unpaired) electrons. The molecule has 1 aliphatic heterocycles. The molecule has 2 heterocycles. The van der Waals surface area contributed by atoms with E-state index in [-0.39, 0.29) is 16.9 Å². The van der Waals surface area contributed by atoms with E-state index in [0.717, 1.165) is 0 Å². The fraction of sp³-hybridized carbons (Fsp3) is 0.417. The number of aromatic nitrogens is 1. The van der Waals surface area contributed by atoms with Crippen LogP contribution in [0.4, 0.5) is 5.82 Å². The van der Waals surface area contributed by atoms with Crippen LogP contribution in [0.15, 0.2) is 24.4 Å². The van der Waals surface area contributed by atoms with E-state index >= 15 is 0 Å². The molecule has 1 saturated heterocycles. The van der Waals surface area contributed by atoms with Gasteiger partial charge in [-0.1, -0.05) is 36.5 Å². The van der Waals surface area contributed by atoms with Crippen molar-refractivity contribution < 1.29 is 17.8 Å². The van der Waals surface area contributed by atoms with Crippen molar-refractivity contribution in [3.05, 3.63) is 24.4 Å². The lowest BCUT2D eigenvalue weighted by molar-refractivity contribution is -0.117. The van der Waals surface area contributed by atoms with Gasteiger partial charge in [-0.25, -0.2) is 9.88 Å². The van der Waals surface area contributed by atoms with E-state index in [2.05, 4.69) is 4.98 Å². The standard InChI is InChI=1S/C12H14N2O4S3/c15-11-9(5-2-4-8-21(16,17)18)20-12(19)14(11)10-6-1-3-7-13-10/h1,3,6-7,9H,2,4-5,8H2,(H,16,17,18). The van der Waals surface area contributed by atoms with Crippen molar-refractivity contribution in [2.75, 3.05) is 10.7 Å². The van der Waals surface area contributed by atoms with Crippen LogP contribution in [0.25, 0.3) is 0 Å². The normalized spacial score (nSPS) is 19.3. The number of carbonyl (C=O) groups is 1. The van der Waals surface area contributed by atoms with Gasteiger partial charge in [-0.15, -0.1) is 0 Å². The second kappa shape index (κ2) is 6.82. The summed E-state index contributed by atoms with van der Waals surface area (Å²) in [6, 6.07) is 5.25. The smallest absolute Gasteiger partial charge is 0.264 e. The van der Waals surface area contributed by atoms with Gasteiger partial charge in [0.15, 0.2) is 0 Å². The van der Waals surface area contributed by atoms with E-state index in [1.54, 1.807) is 24.4 Å². The highest BCUT2D eigenvalue weighted by molar-refractivity contribution is 8.25. The molecule has 1 N–H and O–H groups in total. The van der Waals surface area contributed by atoms with Crippen molar-refractivity contribution in [1.82, 2.24) is 4.98 Å². The summed E-state index contributed by atoms with van der Waals surface area (Å²) in [5.41, 5.74) is 0. The Labute approximate surface area is 132 Å². The number of hydrogen-bond donors (Lipinski definition) is 1. The van der Waals surface area contributed by atoms with Crippen LogP contribution in [0.5, 0.6) is 0 Å². The van der Waals surface area contributed by atoms with Crippen LogP contribution in [0.1, 0.15) is 19.3 Å².